The number of nitrogens with zero attached hydrogens (tertiary/aromatic N) is 1. The van der Waals surface area contributed by atoms with Crippen LogP contribution in [-0.2, 0) is 9.59 Å². The SMILES string of the molecule is O=C(O)C1CCCN(C(=O)CC2CCNC2)C1. The van der Waals surface area contributed by atoms with E-state index in [1.54, 1.807) is 4.90 Å². The molecule has 0 radical (unpaired) electrons. The molecule has 2 atom stereocenters. The van der Waals surface area contributed by atoms with E-state index >= 15 is 0 Å². The van der Waals surface area contributed by atoms with Crippen molar-refractivity contribution in [3.05, 3.63) is 0 Å². The van der Waals surface area contributed by atoms with Crippen molar-refractivity contribution in [2.45, 2.75) is 25.7 Å². The first-order chi connectivity index (χ1) is 8.16. The molecule has 0 aromatic heterocycles. The van der Waals surface area contributed by atoms with Gasteiger partial charge in [-0.05, 0) is 38.3 Å². The molecule has 2 rings (SSSR count). The van der Waals surface area contributed by atoms with Gasteiger partial charge < -0.3 is 15.3 Å². The molecule has 2 N–H and O–H groups in total. The fourth-order valence-corrected chi connectivity index (χ4v) is 2.67. The van der Waals surface area contributed by atoms with Gasteiger partial charge in [0.25, 0.3) is 0 Å². The van der Waals surface area contributed by atoms with Crippen molar-refractivity contribution < 1.29 is 14.7 Å². The van der Waals surface area contributed by atoms with Crippen molar-refractivity contribution >= 4 is 11.9 Å². The zero-order valence-electron chi connectivity index (χ0n) is 10.0. The van der Waals surface area contributed by atoms with Crippen molar-refractivity contribution in [3.63, 3.8) is 0 Å². The molecule has 96 valence electrons. The van der Waals surface area contributed by atoms with E-state index < -0.39 is 5.97 Å². The highest BCUT2D eigenvalue weighted by Crippen LogP contribution is 2.20. The number of hydrogen-bond donors (Lipinski definition) is 2. The molecule has 2 aliphatic heterocycles. The number of nitrogens with one attached hydrogen (secondary N) is 1. The van der Waals surface area contributed by atoms with Crippen molar-refractivity contribution in [2.75, 3.05) is 26.2 Å². The Morgan fingerprint density at radius 3 is 2.82 bits per heavy atom. The van der Waals surface area contributed by atoms with E-state index in [0.717, 1.165) is 32.5 Å². The van der Waals surface area contributed by atoms with Gasteiger partial charge in [0.15, 0.2) is 0 Å². The maximum absolute atomic E-state index is 12.0. The van der Waals surface area contributed by atoms with Gasteiger partial charge in [-0.2, -0.15) is 0 Å². The lowest BCUT2D eigenvalue weighted by molar-refractivity contribution is -0.145. The highest BCUT2D eigenvalue weighted by Gasteiger charge is 2.29. The Morgan fingerprint density at radius 2 is 2.18 bits per heavy atom. The monoisotopic (exact) mass is 240 g/mol. The predicted octanol–water partition coefficient (Wildman–Crippen LogP) is 0.309. The van der Waals surface area contributed by atoms with Gasteiger partial charge in [-0.3, -0.25) is 9.59 Å². The number of carboxylic acid groups (broad SMARTS) is 1. The normalized spacial score (nSPS) is 29.3. The van der Waals surface area contributed by atoms with Gasteiger partial charge >= 0.3 is 5.97 Å². The van der Waals surface area contributed by atoms with Crippen LogP contribution in [0.4, 0.5) is 0 Å². The van der Waals surface area contributed by atoms with Gasteiger partial charge in [0, 0.05) is 19.5 Å². The van der Waals surface area contributed by atoms with E-state index in [0.29, 0.717) is 25.3 Å². The Hall–Kier alpha value is -1.10. The Kier molecular flexibility index (Phi) is 3.99. The zero-order valence-corrected chi connectivity index (χ0v) is 10.0. The van der Waals surface area contributed by atoms with Gasteiger partial charge in [-0.1, -0.05) is 0 Å². The fraction of sp³-hybridized carbons (Fsp3) is 0.833. The zero-order chi connectivity index (χ0) is 12.3. The quantitative estimate of drug-likeness (QED) is 0.745. The Bertz CT molecular complexity index is 300. The lowest BCUT2D eigenvalue weighted by atomic mass is 9.97. The van der Waals surface area contributed by atoms with Crippen molar-refractivity contribution in [3.8, 4) is 0 Å². The summed E-state index contributed by atoms with van der Waals surface area (Å²) in [5.74, 6) is -0.572. The number of amides is 1. The maximum Gasteiger partial charge on any atom is 0.308 e. The molecule has 0 bridgehead atoms. The van der Waals surface area contributed by atoms with E-state index in [1.807, 2.05) is 0 Å². The van der Waals surface area contributed by atoms with Gasteiger partial charge in [0.05, 0.1) is 5.92 Å². The van der Waals surface area contributed by atoms with Crippen LogP contribution in [0.3, 0.4) is 0 Å². The highest BCUT2D eigenvalue weighted by atomic mass is 16.4. The number of hydrogen-bond acceptors (Lipinski definition) is 3. The molecule has 0 aromatic carbocycles. The molecule has 5 nitrogen and oxygen atoms in total. The van der Waals surface area contributed by atoms with Crippen LogP contribution >= 0.6 is 0 Å². The smallest absolute Gasteiger partial charge is 0.308 e. The molecule has 2 saturated heterocycles. The molecular weight excluding hydrogens is 220 g/mol. The summed E-state index contributed by atoms with van der Waals surface area (Å²) in [7, 11) is 0. The van der Waals surface area contributed by atoms with Gasteiger partial charge in [-0.25, -0.2) is 0 Å². The third-order valence-electron chi connectivity index (χ3n) is 3.75. The molecule has 0 saturated carbocycles. The third-order valence-corrected chi connectivity index (χ3v) is 3.75. The lowest BCUT2D eigenvalue weighted by Gasteiger charge is -2.31. The number of rotatable bonds is 3. The summed E-state index contributed by atoms with van der Waals surface area (Å²) in [6.45, 7) is 3.04. The second kappa shape index (κ2) is 5.49. The average Bonchev–Trinajstić information content (AvgIpc) is 2.82. The second-order valence-electron chi connectivity index (χ2n) is 5.08. The van der Waals surface area contributed by atoms with Crippen molar-refractivity contribution in [1.82, 2.24) is 10.2 Å². The van der Waals surface area contributed by atoms with Crippen LogP contribution in [0.1, 0.15) is 25.7 Å². The number of piperidine rings is 1. The summed E-state index contributed by atoms with van der Waals surface area (Å²) in [5, 5.41) is 12.2. The third kappa shape index (κ3) is 3.19. The second-order valence-corrected chi connectivity index (χ2v) is 5.08. The minimum absolute atomic E-state index is 0.129. The largest absolute Gasteiger partial charge is 0.481 e. The molecule has 2 unspecified atom stereocenters. The van der Waals surface area contributed by atoms with Crippen LogP contribution in [0.25, 0.3) is 0 Å². The van der Waals surface area contributed by atoms with Crippen molar-refractivity contribution in [1.29, 1.82) is 0 Å². The summed E-state index contributed by atoms with van der Waals surface area (Å²) in [6.07, 6.45) is 3.14. The Balaban J connectivity index is 1.83. The standard InChI is InChI=1S/C12H20N2O3/c15-11(6-9-3-4-13-7-9)14-5-1-2-10(8-14)12(16)17/h9-10,13H,1-8H2,(H,16,17). The number of likely N-dealkylation sites (tertiary alicyclic amines) is 1. The number of carbonyl (C=O) groups is 2. The van der Waals surface area contributed by atoms with E-state index in [4.69, 9.17) is 5.11 Å². The summed E-state index contributed by atoms with van der Waals surface area (Å²) in [4.78, 5) is 24.7. The maximum atomic E-state index is 12.0. The van der Waals surface area contributed by atoms with Gasteiger partial charge in [-0.15, -0.1) is 0 Å². The van der Waals surface area contributed by atoms with E-state index in [-0.39, 0.29) is 11.8 Å². The molecule has 0 spiro atoms. The van der Waals surface area contributed by atoms with Gasteiger partial charge in [0.2, 0.25) is 5.91 Å². The number of aliphatic carboxylic acids is 1. The molecule has 1 amide bonds. The number of carboxylic acids is 1. The minimum Gasteiger partial charge on any atom is -0.481 e. The molecule has 2 aliphatic rings. The summed E-state index contributed by atoms with van der Waals surface area (Å²) in [5.41, 5.74) is 0. The summed E-state index contributed by atoms with van der Waals surface area (Å²) in [6, 6.07) is 0. The van der Waals surface area contributed by atoms with Crippen LogP contribution in [0, 0.1) is 11.8 Å². The van der Waals surface area contributed by atoms with Crippen LogP contribution < -0.4 is 5.32 Å². The van der Waals surface area contributed by atoms with E-state index in [2.05, 4.69) is 5.32 Å². The molecule has 5 heteroatoms. The summed E-state index contributed by atoms with van der Waals surface area (Å²) < 4.78 is 0. The molecular formula is C12H20N2O3. The Morgan fingerprint density at radius 1 is 1.35 bits per heavy atom. The molecule has 2 heterocycles. The first-order valence-electron chi connectivity index (χ1n) is 6.38. The van der Waals surface area contributed by atoms with Crippen LogP contribution in [-0.4, -0.2) is 48.1 Å². The predicted molar refractivity (Wildman–Crippen MR) is 62.5 cm³/mol. The first kappa shape index (κ1) is 12.4. The van der Waals surface area contributed by atoms with Crippen LogP contribution in [0.5, 0.6) is 0 Å². The lowest BCUT2D eigenvalue weighted by Crippen LogP contribution is -2.42. The molecule has 17 heavy (non-hydrogen) atoms. The van der Waals surface area contributed by atoms with Crippen molar-refractivity contribution in [2.24, 2.45) is 11.8 Å². The average molecular weight is 240 g/mol. The topological polar surface area (TPSA) is 69.6 Å². The summed E-state index contributed by atoms with van der Waals surface area (Å²) >= 11 is 0. The number of carbonyl (C=O) groups excluding carboxylic acids is 1. The van der Waals surface area contributed by atoms with E-state index in [1.165, 1.54) is 0 Å². The van der Waals surface area contributed by atoms with Crippen LogP contribution in [0.2, 0.25) is 0 Å². The molecule has 2 fully saturated rings. The van der Waals surface area contributed by atoms with Gasteiger partial charge in [0.1, 0.15) is 0 Å². The highest BCUT2D eigenvalue weighted by molar-refractivity contribution is 5.78. The minimum atomic E-state index is -0.773. The first-order valence-corrected chi connectivity index (χ1v) is 6.38. The fourth-order valence-electron chi connectivity index (χ4n) is 2.67. The Labute approximate surface area is 101 Å². The van der Waals surface area contributed by atoms with E-state index in [9.17, 15) is 9.59 Å². The van der Waals surface area contributed by atoms with Crippen LogP contribution in [0.15, 0.2) is 0 Å². The molecule has 0 aliphatic carbocycles. The molecule has 0 aromatic rings.